The van der Waals surface area contributed by atoms with Crippen molar-refractivity contribution in [2.75, 3.05) is 0 Å². The zero-order valence-corrected chi connectivity index (χ0v) is 18.5. The summed E-state index contributed by atoms with van der Waals surface area (Å²) in [4.78, 5) is 46.5. The van der Waals surface area contributed by atoms with Gasteiger partial charge >= 0.3 is 0 Å². The normalized spacial score (nSPS) is 24.3. The fraction of sp³-hybridized carbons (Fsp3) is 0.333. The Morgan fingerprint density at radius 2 is 1.64 bits per heavy atom. The molecule has 2 bridgehead atoms. The van der Waals surface area contributed by atoms with Crippen LogP contribution in [0.15, 0.2) is 48.5 Å². The van der Waals surface area contributed by atoms with E-state index in [1.807, 2.05) is 13.8 Å². The van der Waals surface area contributed by atoms with Crippen LogP contribution in [0.5, 0.6) is 0 Å². The molecule has 2 N–H and O–H groups in total. The first-order valence-electron chi connectivity index (χ1n) is 10.7. The minimum absolute atomic E-state index is 0.0843. The van der Waals surface area contributed by atoms with E-state index in [1.54, 1.807) is 36.4 Å². The number of hydrazine groups is 1. The molecule has 2 aliphatic carbocycles. The van der Waals surface area contributed by atoms with Gasteiger partial charge in [-0.25, -0.2) is 9.97 Å². The molecule has 2 amide bonds. The SMILES string of the molecule is CC12CCC(C(=O)NNC(=O)c3ccccc3)(c3nc4cc([N+](=O)[O-])ccc4nc31)C2(C)C. The largest absolute Gasteiger partial charge is 0.272 e. The number of benzene rings is 2. The Balaban J connectivity index is 1.57. The van der Waals surface area contributed by atoms with E-state index in [4.69, 9.17) is 9.97 Å². The van der Waals surface area contributed by atoms with Gasteiger partial charge in [0.25, 0.3) is 17.5 Å². The van der Waals surface area contributed by atoms with Crippen LogP contribution in [-0.2, 0) is 15.6 Å². The second-order valence-corrected chi connectivity index (χ2v) is 9.49. The Hall–Kier alpha value is -3.88. The second kappa shape index (κ2) is 6.81. The molecule has 1 saturated carbocycles. The molecular formula is C24H23N5O4. The Morgan fingerprint density at radius 3 is 2.33 bits per heavy atom. The molecule has 2 aliphatic rings. The topological polar surface area (TPSA) is 127 Å². The molecule has 3 aromatic rings. The van der Waals surface area contributed by atoms with Gasteiger partial charge in [-0.05, 0) is 36.5 Å². The van der Waals surface area contributed by atoms with Crippen molar-refractivity contribution in [2.45, 2.75) is 44.4 Å². The number of nitro benzene ring substituents is 1. The molecule has 2 atom stereocenters. The highest BCUT2D eigenvalue weighted by Crippen LogP contribution is 2.70. The van der Waals surface area contributed by atoms with E-state index in [1.165, 1.54) is 12.1 Å². The zero-order chi connectivity index (χ0) is 23.6. The first-order valence-corrected chi connectivity index (χ1v) is 10.7. The fourth-order valence-electron chi connectivity index (χ4n) is 5.59. The van der Waals surface area contributed by atoms with Crippen molar-refractivity contribution in [1.82, 2.24) is 20.8 Å². The lowest BCUT2D eigenvalue weighted by atomic mass is 9.63. The monoisotopic (exact) mass is 445 g/mol. The van der Waals surface area contributed by atoms with Gasteiger partial charge in [-0.1, -0.05) is 39.0 Å². The van der Waals surface area contributed by atoms with E-state index in [2.05, 4.69) is 17.8 Å². The number of amides is 2. The van der Waals surface area contributed by atoms with Gasteiger partial charge in [-0.3, -0.25) is 30.6 Å². The minimum Gasteiger partial charge on any atom is -0.272 e. The molecule has 0 aliphatic heterocycles. The van der Waals surface area contributed by atoms with Crippen molar-refractivity contribution in [2.24, 2.45) is 5.41 Å². The highest BCUT2D eigenvalue weighted by Gasteiger charge is 2.73. The number of nitrogens with zero attached hydrogens (tertiary/aromatic N) is 3. The summed E-state index contributed by atoms with van der Waals surface area (Å²) in [6.45, 7) is 6.13. The summed E-state index contributed by atoms with van der Waals surface area (Å²) in [5.41, 5.74) is 5.68. The third kappa shape index (κ3) is 2.65. The molecule has 0 spiro atoms. The van der Waals surface area contributed by atoms with Crippen molar-refractivity contribution in [3.8, 4) is 0 Å². The number of non-ortho nitro benzene ring substituents is 1. The number of rotatable bonds is 3. The molecule has 1 fully saturated rings. The Bertz CT molecular complexity index is 1340. The van der Waals surface area contributed by atoms with Gasteiger partial charge in [0, 0.05) is 23.1 Å². The molecule has 33 heavy (non-hydrogen) atoms. The summed E-state index contributed by atoms with van der Waals surface area (Å²) in [7, 11) is 0. The maximum Gasteiger partial charge on any atom is 0.271 e. The smallest absolute Gasteiger partial charge is 0.271 e. The van der Waals surface area contributed by atoms with E-state index in [0.717, 1.165) is 12.1 Å². The quantitative estimate of drug-likeness (QED) is 0.470. The molecule has 0 saturated heterocycles. The lowest BCUT2D eigenvalue weighted by Crippen LogP contribution is -2.55. The Kier molecular flexibility index (Phi) is 4.33. The van der Waals surface area contributed by atoms with E-state index in [0.29, 0.717) is 28.7 Å². The van der Waals surface area contributed by atoms with E-state index < -0.39 is 27.1 Å². The highest BCUT2D eigenvalue weighted by molar-refractivity contribution is 5.98. The maximum atomic E-state index is 13.7. The van der Waals surface area contributed by atoms with Crippen LogP contribution >= 0.6 is 0 Å². The highest BCUT2D eigenvalue weighted by atomic mass is 16.6. The predicted octanol–water partition coefficient (Wildman–Crippen LogP) is 3.33. The first-order chi connectivity index (χ1) is 15.6. The van der Waals surface area contributed by atoms with Gasteiger partial charge in [0.2, 0.25) is 0 Å². The Morgan fingerprint density at radius 1 is 0.939 bits per heavy atom. The molecule has 168 valence electrons. The van der Waals surface area contributed by atoms with Crippen LogP contribution in [0.3, 0.4) is 0 Å². The average Bonchev–Trinajstić information content (AvgIpc) is 3.10. The predicted molar refractivity (Wildman–Crippen MR) is 120 cm³/mol. The van der Waals surface area contributed by atoms with Crippen molar-refractivity contribution >= 4 is 28.5 Å². The number of hydrogen-bond donors (Lipinski definition) is 2. The second-order valence-electron chi connectivity index (χ2n) is 9.49. The number of fused-ring (bicyclic) bond motifs is 6. The standard InChI is InChI=1S/C24H23N5O4/c1-22(2)23(3)11-12-24(22,21(31)28-27-20(30)14-7-5-4-6-8-14)19-18(23)25-16-10-9-15(29(32)33)13-17(16)26-19/h4-10,13H,11-12H2,1-3H3,(H,27,30)(H,28,31). The third-order valence-corrected chi connectivity index (χ3v) is 7.95. The van der Waals surface area contributed by atoms with Crippen LogP contribution in [0, 0.1) is 15.5 Å². The van der Waals surface area contributed by atoms with Crippen LogP contribution in [0.1, 0.15) is 55.4 Å². The summed E-state index contributed by atoms with van der Waals surface area (Å²) in [5, 5.41) is 11.3. The van der Waals surface area contributed by atoms with E-state index in [-0.39, 0.29) is 11.6 Å². The van der Waals surface area contributed by atoms with Crippen molar-refractivity contribution < 1.29 is 14.5 Å². The van der Waals surface area contributed by atoms with Crippen LogP contribution < -0.4 is 10.9 Å². The van der Waals surface area contributed by atoms with E-state index in [9.17, 15) is 19.7 Å². The summed E-state index contributed by atoms with van der Waals surface area (Å²) in [6.07, 6.45) is 1.27. The average molecular weight is 445 g/mol. The lowest BCUT2D eigenvalue weighted by Gasteiger charge is -2.39. The molecular weight excluding hydrogens is 422 g/mol. The van der Waals surface area contributed by atoms with Gasteiger partial charge in [0.1, 0.15) is 5.41 Å². The van der Waals surface area contributed by atoms with Crippen molar-refractivity contribution in [1.29, 1.82) is 0 Å². The lowest BCUT2D eigenvalue weighted by molar-refractivity contribution is -0.384. The summed E-state index contributed by atoms with van der Waals surface area (Å²) in [6, 6.07) is 13.0. The van der Waals surface area contributed by atoms with Gasteiger partial charge < -0.3 is 0 Å². The maximum absolute atomic E-state index is 13.7. The number of carbonyl (C=O) groups excluding carboxylic acids is 2. The van der Waals surface area contributed by atoms with Gasteiger partial charge in [0.05, 0.1) is 27.3 Å². The molecule has 2 aromatic carbocycles. The third-order valence-electron chi connectivity index (χ3n) is 7.95. The van der Waals surface area contributed by atoms with Crippen LogP contribution in [0.25, 0.3) is 11.0 Å². The van der Waals surface area contributed by atoms with Crippen LogP contribution in [-0.4, -0.2) is 26.7 Å². The molecule has 0 radical (unpaired) electrons. The van der Waals surface area contributed by atoms with Crippen molar-refractivity contribution in [3.63, 3.8) is 0 Å². The summed E-state index contributed by atoms with van der Waals surface area (Å²) < 4.78 is 0. The summed E-state index contributed by atoms with van der Waals surface area (Å²) >= 11 is 0. The van der Waals surface area contributed by atoms with Gasteiger partial charge in [-0.2, -0.15) is 0 Å². The van der Waals surface area contributed by atoms with Crippen LogP contribution in [0.2, 0.25) is 0 Å². The number of hydrogen-bond acceptors (Lipinski definition) is 6. The zero-order valence-electron chi connectivity index (χ0n) is 18.5. The number of nitro groups is 1. The number of nitrogens with one attached hydrogen (secondary N) is 2. The van der Waals surface area contributed by atoms with Gasteiger partial charge in [-0.15, -0.1) is 0 Å². The van der Waals surface area contributed by atoms with Crippen LogP contribution in [0.4, 0.5) is 5.69 Å². The minimum atomic E-state index is -1.03. The molecule has 2 unspecified atom stereocenters. The summed E-state index contributed by atoms with van der Waals surface area (Å²) in [5.74, 6) is -0.782. The molecule has 1 aromatic heterocycles. The number of aromatic nitrogens is 2. The number of carbonyl (C=O) groups is 2. The first kappa shape index (κ1) is 21.0. The fourth-order valence-corrected chi connectivity index (χ4v) is 5.59. The molecule has 9 nitrogen and oxygen atoms in total. The Labute approximate surface area is 189 Å². The van der Waals surface area contributed by atoms with Gasteiger partial charge in [0.15, 0.2) is 0 Å². The molecule has 1 heterocycles. The molecule has 5 rings (SSSR count). The molecule has 9 heteroatoms. The van der Waals surface area contributed by atoms with Crippen molar-refractivity contribution in [3.05, 3.63) is 75.6 Å². The van der Waals surface area contributed by atoms with E-state index >= 15 is 0 Å².